The molecular formula is C23H19ClFN3O7S. The van der Waals surface area contributed by atoms with Crippen molar-refractivity contribution in [2.45, 2.75) is 11.4 Å². The van der Waals surface area contributed by atoms with Crippen molar-refractivity contribution in [1.29, 1.82) is 0 Å². The molecule has 0 aliphatic rings. The lowest BCUT2D eigenvalue weighted by molar-refractivity contribution is -0.123. The number of carbonyl (C=O) groups is 3. The van der Waals surface area contributed by atoms with Gasteiger partial charge < -0.3 is 25.8 Å². The minimum absolute atomic E-state index is 0.00815. The third kappa shape index (κ3) is 7.68. The summed E-state index contributed by atoms with van der Waals surface area (Å²) in [6.45, 7) is -0.266. The number of nitrogens with one attached hydrogen (secondary N) is 3. The normalized spacial score (nSPS) is 10.8. The highest BCUT2D eigenvalue weighted by atomic mass is 35.5. The first-order valence-electron chi connectivity index (χ1n) is 10.2. The van der Waals surface area contributed by atoms with E-state index >= 15 is 0 Å². The highest BCUT2D eigenvalue weighted by Gasteiger charge is 2.14. The van der Waals surface area contributed by atoms with E-state index in [1.54, 1.807) is 24.3 Å². The topological polar surface area (TPSA) is 151 Å². The van der Waals surface area contributed by atoms with E-state index < -0.39 is 39.6 Å². The number of ether oxygens (including phenoxy) is 1. The van der Waals surface area contributed by atoms with Crippen LogP contribution in [0.4, 0.5) is 20.1 Å². The molecule has 4 N–H and O–H groups in total. The lowest BCUT2D eigenvalue weighted by atomic mass is 10.2. The van der Waals surface area contributed by atoms with Crippen LogP contribution in [0.25, 0.3) is 0 Å². The van der Waals surface area contributed by atoms with E-state index in [-0.39, 0.29) is 28.6 Å². The van der Waals surface area contributed by atoms with E-state index in [4.69, 9.17) is 16.3 Å². The number of halogens is 2. The van der Waals surface area contributed by atoms with Gasteiger partial charge in [0.25, 0.3) is 5.91 Å². The van der Waals surface area contributed by atoms with Crippen LogP contribution >= 0.6 is 11.6 Å². The number of carbonyl (C=O) groups excluding carboxylic acids is 2. The first-order valence-corrected chi connectivity index (χ1v) is 11.9. The maximum absolute atomic E-state index is 13.1. The van der Waals surface area contributed by atoms with E-state index in [0.29, 0.717) is 11.3 Å². The molecule has 3 amide bonds. The molecule has 0 aromatic heterocycles. The molecule has 3 aromatic carbocycles. The average Bonchev–Trinajstić information content (AvgIpc) is 2.82. The highest BCUT2D eigenvalue weighted by Crippen LogP contribution is 2.23. The smallest absolute Gasteiger partial charge is 0.339 e. The van der Waals surface area contributed by atoms with Crippen LogP contribution in [-0.2, 0) is 21.6 Å². The van der Waals surface area contributed by atoms with Gasteiger partial charge in [0.05, 0.1) is 0 Å². The molecule has 0 aliphatic carbocycles. The minimum Gasteiger partial charge on any atom is -0.483 e. The summed E-state index contributed by atoms with van der Waals surface area (Å²) < 4.78 is 40.4. The van der Waals surface area contributed by atoms with Gasteiger partial charge in [-0.25, -0.2) is 9.59 Å². The van der Waals surface area contributed by atoms with Crippen LogP contribution < -0.4 is 20.7 Å². The predicted molar refractivity (Wildman–Crippen MR) is 130 cm³/mol. The van der Waals surface area contributed by atoms with Crippen molar-refractivity contribution in [2.75, 3.05) is 17.2 Å². The molecule has 0 aliphatic heterocycles. The van der Waals surface area contributed by atoms with Crippen LogP contribution in [0.3, 0.4) is 0 Å². The van der Waals surface area contributed by atoms with Gasteiger partial charge in [-0.1, -0.05) is 29.8 Å². The van der Waals surface area contributed by atoms with Crippen molar-refractivity contribution in [3.8, 4) is 5.75 Å². The number of hydrogen-bond donors (Lipinski definition) is 4. The molecule has 0 bridgehead atoms. The quantitative estimate of drug-likeness (QED) is 0.302. The fourth-order valence-electron chi connectivity index (χ4n) is 2.92. The van der Waals surface area contributed by atoms with Crippen molar-refractivity contribution in [3.05, 3.63) is 82.9 Å². The molecule has 0 saturated heterocycles. The SMILES string of the molecule is O=C(COc1ccc(Cl)cc1C(=O)O)NCc1ccc(NC(=O)Nc2cccc(S(=O)(=O)F)c2)cc1. The second-order valence-electron chi connectivity index (χ2n) is 7.25. The van der Waals surface area contributed by atoms with E-state index in [1.807, 2.05) is 0 Å². The summed E-state index contributed by atoms with van der Waals surface area (Å²) in [7, 11) is -4.90. The summed E-state index contributed by atoms with van der Waals surface area (Å²) in [6, 6.07) is 14.5. The molecule has 0 spiro atoms. The van der Waals surface area contributed by atoms with E-state index in [9.17, 15) is 31.8 Å². The van der Waals surface area contributed by atoms with Gasteiger partial charge in [0.15, 0.2) is 6.61 Å². The van der Waals surface area contributed by atoms with Gasteiger partial charge in [0, 0.05) is 22.9 Å². The van der Waals surface area contributed by atoms with E-state index in [0.717, 1.165) is 12.1 Å². The number of hydrogen-bond acceptors (Lipinski definition) is 6. The van der Waals surface area contributed by atoms with Gasteiger partial charge in [0.2, 0.25) is 0 Å². The summed E-state index contributed by atoms with van der Waals surface area (Å²) >= 11 is 5.78. The number of rotatable bonds is 9. The van der Waals surface area contributed by atoms with Gasteiger partial charge in [-0.15, -0.1) is 3.89 Å². The van der Waals surface area contributed by atoms with Crippen LogP contribution in [0.1, 0.15) is 15.9 Å². The molecule has 0 atom stereocenters. The molecule has 0 saturated carbocycles. The van der Waals surface area contributed by atoms with Crippen LogP contribution in [-0.4, -0.2) is 38.0 Å². The fourth-order valence-corrected chi connectivity index (χ4v) is 3.60. The Hall–Kier alpha value is -4.16. The Morgan fingerprint density at radius 3 is 2.31 bits per heavy atom. The molecule has 188 valence electrons. The van der Waals surface area contributed by atoms with Crippen molar-refractivity contribution in [1.82, 2.24) is 5.32 Å². The molecule has 13 heteroatoms. The average molecular weight is 536 g/mol. The minimum atomic E-state index is -4.90. The predicted octanol–water partition coefficient (Wildman–Crippen LogP) is 4.04. The third-order valence-corrected chi connectivity index (χ3v) is 5.66. The zero-order valence-electron chi connectivity index (χ0n) is 18.3. The Morgan fingerprint density at radius 2 is 1.64 bits per heavy atom. The second-order valence-corrected chi connectivity index (χ2v) is 9.04. The lowest BCUT2D eigenvalue weighted by Crippen LogP contribution is -2.28. The summed E-state index contributed by atoms with van der Waals surface area (Å²) in [5.41, 5.74) is 1.03. The van der Waals surface area contributed by atoms with Gasteiger partial charge in [-0.05, 0) is 54.1 Å². The zero-order valence-corrected chi connectivity index (χ0v) is 19.9. The molecule has 3 rings (SSSR count). The van der Waals surface area contributed by atoms with Gasteiger partial charge in [-0.3, -0.25) is 4.79 Å². The van der Waals surface area contributed by atoms with Gasteiger partial charge >= 0.3 is 22.2 Å². The Bertz CT molecular complexity index is 1400. The number of aromatic carboxylic acids is 1. The Balaban J connectivity index is 1.48. The van der Waals surface area contributed by atoms with Gasteiger partial charge in [0.1, 0.15) is 16.2 Å². The monoisotopic (exact) mass is 535 g/mol. The fraction of sp³-hybridized carbons (Fsp3) is 0.0870. The number of benzene rings is 3. The summed E-state index contributed by atoms with van der Waals surface area (Å²) in [5, 5.41) is 17.0. The third-order valence-electron chi connectivity index (χ3n) is 4.61. The van der Waals surface area contributed by atoms with Crippen LogP contribution in [0.5, 0.6) is 5.75 Å². The number of amides is 3. The Kier molecular flexibility index (Phi) is 8.46. The van der Waals surface area contributed by atoms with Crippen LogP contribution in [0, 0.1) is 0 Å². The Morgan fingerprint density at radius 1 is 0.944 bits per heavy atom. The first kappa shape index (κ1) is 26.4. The number of anilines is 2. The largest absolute Gasteiger partial charge is 0.483 e. The number of carboxylic acids is 1. The number of urea groups is 1. The van der Waals surface area contributed by atoms with Crippen molar-refractivity contribution in [2.24, 2.45) is 0 Å². The van der Waals surface area contributed by atoms with E-state index in [2.05, 4.69) is 16.0 Å². The maximum atomic E-state index is 13.1. The summed E-state index contributed by atoms with van der Waals surface area (Å²) in [5.74, 6) is -1.72. The molecule has 36 heavy (non-hydrogen) atoms. The zero-order chi connectivity index (χ0) is 26.3. The molecule has 0 heterocycles. The highest BCUT2D eigenvalue weighted by molar-refractivity contribution is 7.86. The standard InChI is InChI=1S/C23H19ClFN3O7S/c24-15-6-9-20(19(10-15)22(30)31)35-13-21(29)26-12-14-4-7-16(8-5-14)27-23(32)28-17-2-1-3-18(11-17)36(25,33)34/h1-11H,12-13H2,(H,26,29)(H,30,31)(H2,27,28,32). The summed E-state index contributed by atoms with van der Waals surface area (Å²) in [6.07, 6.45) is 0. The van der Waals surface area contributed by atoms with Crippen LogP contribution in [0.15, 0.2) is 71.6 Å². The van der Waals surface area contributed by atoms with Crippen molar-refractivity contribution >= 4 is 51.1 Å². The molecule has 10 nitrogen and oxygen atoms in total. The molecular weight excluding hydrogens is 517 g/mol. The molecule has 3 aromatic rings. The number of carboxylic acid groups (broad SMARTS) is 1. The van der Waals surface area contributed by atoms with E-state index in [1.165, 1.54) is 30.3 Å². The summed E-state index contributed by atoms with van der Waals surface area (Å²) in [4.78, 5) is 34.9. The van der Waals surface area contributed by atoms with Gasteiger partial charge in [-0.2, -0.15) is 8.42 Å². The van der Waals surface area contributed by atoms with Crippen LogP contribution in [0.2, 0.25) is 5.02 Å². The van der Waals surface area contributed by atoms with Crippen molar-refractivity contribution in [3.63, 3.8) is 0 Å². The van der Waals surface area contributed by atoms with Crippen molar-refractivity contribution < 1.29 is 36.5 Å². The second kappa shape index (κ2) is 11.5. The lowest BCUT2D eigenvalue weighted by Gasteiger charge is -2.11. The maximum Gasteiger partial charge on any atom is 0.339 e. The Labute approximate surface area is 210 Å². The molecule has 0 fully saturated rings. The molecule has 0 unspecified atom stereocenters. The first-order chi connectivity index (χ1) is 17.0. The molecule has 0 radical (unpaired) electrons.